The molecule has 0 atom stereocenters. The number of thiazole rings is 1. The van der Waals surface area contributed by atoms with E-state index in [1.807, 2.05) is 24.4 Å². The van der Waals surface area contributed by atoms with Gasteiger partial charge in [0.25, 0.3) is 0 Å². The largest absolute Gasteiger partial charge is 0.375 e. The van der Waals surface area contributed by atoms with Crippen molar-refractivity contribution >= 4 is 41.3 Å². The molecule has 0 amide bonds. The average molecular weight is 460 g/mol. The van der Waals surface area contributed by atoms with Crippen LogP contribution in [0.3, 0.4) is 0 Å². The summed E-state index contributed by atoms with van der Waals surface area (Å²) in [6, 6.07) is 10.2. The fourth-order valence-electron chi connectivity index (χ4n) is 1.98. The maximum Gasteiger partial charge on any atom is 0.191 e. The number of nitrogens with zero attached hydrogens (tertiary/aromatic N) is 2. The van der Waals surface area contributed by atoms with Gasteiger partial charge in [0.2, 0.25) is 0 Å². The van der Waals surface area contributed by atoms with Gasteiger partial charge in [-0.25, -0.2) is 4.98 Å². The van der Waals surface area contributed by atoms with Gasteiger partial charge in [-0.2, -0.15) is 0 Å². The van der Waals surface area contributed by atoms with Gasteiger partial charge >= 0.3 is 0 Å². The first kappa shape index (κ1) is 20.9. The molecule has 1 heterocycles. The molecule has 0 spiro atoms. The number of halogens is 1. The Morgan fingerprint density at radius 3 is 2.71 bits per heavy atom. The normalized spacial score (nSPS) is 11.0. The highest BCUT2D eigenvalue weighted by atomic mass is 127. The van der Waals surface area contributed by atoms with Crippen LogP contribution in [0.4, 0.5) is 0 Å². The molecule has 0 radical (unpaired) electrons. The third kappa shape index (κ3) is 7.59. The molecular weight excluding hydrogens is 435 g/mol. The zero-order chi connectivity index (χ0) is 16.3. The van der Waals surface area contributed by atoms with Crippen molar-refractivity contribution in [3.8, 4) is 0 Å². The summed E-state index contributed by atoms with van der Waals surface area (Å²) < 4.78 is 5.64. The smallest absolute Gasteiger partial charge is 0.191 e. The third-order valence-electron chi connectivity index (χ3n) is 3.23. The number of aryl methyl sites for hydroxylation is 1. The lowest BCUT2D eigenvalue weighted by Crippen LogP contribution is -2.38. The van der Waals surface area contributed by atoms with Crippen molar-refractivity contribution in [3.63, 3.8) is 0 Å². The van der Waals surface area contributed by atoms with Gasteiger partial charge in [0, 0.05) is 24.7 Å². The molecule has 5 nitrogen and oxygen atoms in total. The molecule has 0 unspecified atom stereocenters. The van der Waals surface area contributed by atoms with Crippen LogP contribution in [-0.2, 0) is 24.3 Å². The molecule has 0 fully saturated rings. The van der Waals surface area contributed by atoms with Crippen LogP contribution in [0.25, 0.3) is 0 Å². The highest BCUT2D eigenvalue weighted by Crippen LogP contribution is 2.12. The summed E-state index contributed by atoms with van der Waals surface area (Å²) in [5.74, 6) is 0.765. The molecule has 0 aliphatic carbocycles. The number of benzene rings is 1. The van der Waals surface area contributed by atoms with Gasteiger partial charge < -0.3 is 15.4 Å². The fraction of sp³-hybridized carbons (Fsp3) is 0.412. The number of nitrogens with one attached hydrogen (secondary N) is 2. The number of ether oxygens (including phenoxy) is 1. The number of guanidine groups is 1. The Labute approximate surface area is 165 Å². The topological polar surface area (TPSA) is 58.5 Å². The van der Waals surface area contributed by atoms with Crippen LogP contribution in [0.1, 0.15) is 22.4 Å². The minimum atomic E-state index is 0. The van der Waals surface area contributed by atoms with Crippen molar-refractivity contribution < 1.29 is 4.74 Å². The van der Waals surface area contributed by atoms with Crippen LogP contribution >= 0.6 is 35.3 Å². The van der Waals surface area contributed by atoms with E-state index >= 15 is 0 Å². The van der Waals surface area contributed by atoms with Gasteiger partial charge in [-0.1, -0.05) is 37.3 Å². The molecule has 7 heteroatoms. The summed E-state index contributed by atoms with van der Waals surface area (Å²) in [6.07, 6.45) is 2.97. The first-order chi connectivity index (χ1) is 11.3. The second-order valence-electron chi connectivity index (χ2n) is 4.96. The Bertz CT molecular complexity index is 604. The van der Waals surface area contributed by atoms with Crippen LogP contribution in [0.15, 0.2) is 41.5 Å². The maximum absolute atomic E-state index is 5.64. The summed E-state index contributed by atoms with van der Waals surface area (Å²) in [5, 5.41) is 7.57. The standard InChI is InChI=1S/C17H24N4OS.HI/c1-3-15-11-20-16(23-15)12-21-17(18-2)19-9-10-22-13-14-7-5-4-6-8-14;/h4-8,11H,3,9-10,12-13H2,1-2H3,(H2,18,19,21);1H. The predicted molar refractivity (Wildman–Crippen MR) is 111 cm³/mol. The number of aromatic nitrogens is 1. The zero-order valence-corrected chi connectivity index (χ0v) is 17.3. The van der Waals surface area contributed by atoms with Crippen molar-refractivity contribution in [2.24, 2.45) is 4.99 Å². The predicted octanol–water partition coefficient (Wildman–Crippen LogP) is 3.21. The van der Waals surface area contributed by atoms with E-state index in [2.05, 4.69) is 39.7 Å². The Balaban J connectivity index is 0.00000288. The minimum absolute atomic E-state index is 0. The van der Waals surface area contributed by atoms with Crippen molar-refractivity contribution in [2.75, 3.05) is 20.2 Å². The first-order valence-corrected chi connectivity index (χ1v) is 8.63. The van der Waals surface area contributed by atoms with Gasteiger partial charge in [0.05, 0.1) is 19.8 Å². The number of rotatable bonds is 8. The van der Waals surface area contributed by atoms with Crippen LogP contribution in [-0.4, -0.2) is 31.1 Å². The molecule has 2 aromatic rings. The fourth-order valence-corrected chi connectivity index (χ4v) is 2.78. The van der Waals surface area contributed by atoms with Crippen molar-refractivity contribution in [1.29, 1.82) is 0 Å². The summed E-state index contributed by atoms with van der Waals surface area (Å²) in [5.41, 5.74) is 1.19. The Morgan fingerprint density at radius 1 is 1.25 bits per heavy atom. The van der Waals surface area contributed by atoms with E-state index in [1.54, 1.807) is 18.4 Å². The molecular formula is C17H25IN4OS. The first-order valence-electron chi connectivity index (χ1n) is 7.81. The molecule has 2 rings (SSSR count). The van der Waals surface area contributed by atoms with E-state index in [4.69, 9.17) is 4.74 Å². The molecule has 0 aliphatic rings. The van der Waals surface area contributed by atoms with E-state index in [9.17, 15) is 0 Å². The molecule has 0 saturated carbocycles. The monoisotopic (exact) mass is 460 g/mol. The van der Waals surface area contributed by atoms with Crippen LogP contribution in [0.5, 0.6) is 0 Å². The lowest BCUT2D eigenvalue weighted by molar-refractivity contribution is 0.125. The molecule has 0 aliphatic heterocycles. The van der Waals surface area contributed by atoms with E-state index in [0.717, 1.165) is 17.4 Å². The molecule has 132 valence electrons. The second kappa shape index (κ2) is 12.2. The molecule has 0 saturated heterocycles. The SMILES string of the molecule is CCc1cnc(CNC(=NC)NCCOCc2ccccc2)s1.I. The van der Waals surface area contributed by atoms with Gasteiger partial charge in [0.1, 0.15) is 5.01 Å². The van der Waals surface area contributed by atoms with Gasteiger partial charge in [-0.05, 0) is 12.0 Å². The molecule has 2 N–H and O–H groups in total. The van der Waals surface area contributed by atoms with E-state index in [-0.39, 0.29) is 24.0 Å². The summed E-state index contributed by atoms with van der Waals surface area (Å²) in [7, 11) is 1.76. The van der Waals surface area contributed by atoms with Crippen molar-refractivity contribution in [1.82, 2.24) is 15.6 Å². The van der Waals surface area contributed by atoms with Gasteiger partial charge in [-0.15, -0.1) is 35.3 Å². The zero-order valence-electron chi connectivity index (χ0n) is 14.1. The van der Waals surface area contributed by atoms with Gasteiger partial charge in [-0.3, -0.25) is 4.99 Å². The van der Waals surface area contributed by atoms with Crippen LogP contribution < -0.4 is 10.6 Å². The van der Waals surface area contributed by atoms with Gasteiger partial charge in [0.15, 0.2) is 5.96 Å². The maximum atomic E-state index is 5.64. The lowest BCUT2D eigenvalue weighted by atomic mass is 10.2. The van der Waals surface area contributed by atoms with Crippen LogP contribution in [0, 0.1) is 0 Å². The molecule has 0 bridgehead atoms. The highest BCUT2D eigenvalue weighted by molar-refractivity contribution is 14.0. The summed E-state index contributed by atoms with van der Waals surface area (Å²) >= 11 is 1.73. The number of hydrogen-bond donors (Lipinski definition) is 2. The number of aliphatic imine (C=N–C) groups is 1. The minimum Gasteiger partial charge on any atom is -0.375 e. The van der Waals surface area contributed by atoms with E-state index in [0.29, 0.717) is 26.3 Å². The quantitative estimate of drug-likeness (QED) is 0.275. The highest BCUT2D eigenvalue weighted by Gasteiger charge is 2.02. The molecule has 1 aromatic heterocycles. The Hall–Kier alpha value is -1.19. The van der Waals surface area contributed by atoms with Crippen molar-refractivity contribution in [2.45, 2.75) is 26.5 Å². The second-order valence-corrected chi connectivity index (χ2v) is 6.16. The van der Waals surface area contributed by atoms with E-state index in [1.165, 1.54) is 10.4 Å². The number of hydrogen-bond acceptors (Lipinski definition) is 4. The molecule has 1 aromatic carbocycles. The Morgan fingerprint density at radius 2 is 2.04 bits per heavy atom. The van der Waals surface area contributed by atoms with E-state index < -0.39 is 0 Å². The van der Waals surface area contributed by atoms with Crippen LogP contribution in [0.2, 0.25) is 0 Å². The molecule has 24 heavy (non-hydrogen) atoms. The summed E-state index contributed by atoms with van der Waals surface area (Å²) in [4.78, 5) is 9.89. The third-order valence-corrected chi connectivity index (χ3v) is 4.37. The summed E-state index contributed by atoms with van der Waals surface area (Å²) in [6.45, 7) is 4.81. The average Bonchev–Trinajstić information content (AvgIpc) is 3.06. The lowest BCUT2D eigenvalue weighted by Gasteiger charge is -2.11. The Kier molecular flexibility index (Phi) is 10.6. The van der Waals surface area contributed by atoms with Crippen molar-refractivity contribution in [3.05, 3.63) is 52.0 Å².